The number of hydrogen-bond acceptors (Lipinski definition) is 3. The number of rotatable bonds is 4. The van der Waals surface area contributed by atoms with Gasteiger partial charge in [-0.3, -0.25) is 9.59 Å². The van der Waals surface area contributed by atoms with E-state index in [0.29, 0.717) is 11.7 Å². The first-order valence-corrected chi connectivity index (χ1v) is 6.58. The number of carbonyl (C=O) groups is 2. The molecule has 18 heavy (non-hydrogen) atoms. The van der Waals surface area contributed by atoms with Crippen molar-refractivity contribution in [1.29, 1.82) is 0 Å². The maximum absolute atomic E-state index is 11.8. The molecule has 0 radical (unpaired) electrons. The van der Waals surface area contributed by atoms with Crippen LogP contribution in [-0.4, -0.2) is 28.9 Å². The third kappa shape index (κ3) is 3.53. The number of pyridine rings is 1. The molecule has 1 aromatic heterocycles. The van der Waals surface area contributed by atoms with Crippen LogP contribution in [0.15, 0.2) is 22.8 Å². The van der Waals surface area contributed by atoms with E-state index < -0.39 is 6.04 Å². The number of nitrogens with one attached hydrogen (secondary N) is 2. The van der Waals surface area contributed by atoms with E-state index in [9.17, 15) is 9.59 Å². The smallest absolute Gasteiger partial charge is 0.270 e. The van der Waals surface area contributed by atoms with E-state index in [1.54, 1.807) is 25.3 Å². The highest BCUT2D eigenvalue weighted by Gasteiger charge is 2.26. The Labute approximate surface area is 113 Å². The molecule has 0 aromatic carbocycles. The maximum Gasteiger partial charge on any atom is 0.270 e. The zero-order valence-electron chi connectivity index (χ0n) is 9.94. The molecule has 1 heterocycles. The van der Waals surface area contributed by atoms with E-state index in [1.807, 2.05) is 0 Å². The lowest BCUT2D eigenvalue weighted by atomic mass is 10.2. The first-order valence-electron chi connectivity index (χ1n) is 5.79. The minimum atomic E-state index is -0.552. The largest absolute Gasteiger partial charge is 0.352 e. The molecular weight excluding hydrogens is 298 g/mol. The normalized spacial score (nSPS) is 15.9. The molecule has 1 fully saturated rings. The summed E-state index contributed by atoms with van der Waals surface area (Å²) in [5, 5.41) is 5.46. The third-order valence-electron chi connectivity index (χ3n) is 2.62. The molecule has 1 aliphatic carbocycles. The summed E-state index contributed by atoms with van der Waals surface area (Å²) < 4.78 is 0.804. The summed E-state index contributed by atoms with van der Waals surface area (Å²) in [4.78, 5) is 27.4. The Kier molecular flexibility index (Phi) is 3.96. The molecule has 0 saturated heterocycles. The molecule has 1 aromatic rings. The van der Waals surface area contributed by atoms with Gasteiger partial charge in [0.25, 0.3) is 5.91 Å². The van der Waals surface area contributed by atoms with Crippen LogP contribution in [-0.2, 0) is 4.79 Å². The second-order valence-electron chi connectivity index (χ2n) is 4.34. The van der Waals surface area contributed by atoms with Crippen LogP contribution in [0.2, 0.25) is 0 Å². The standard InChI is InChI=1S/C12H14BrN3O2/c1-7(11(17)16-9-3-4-9)15-12(18)10-5-2-8(13)6-14-10/h2,5-7,9H,3-4H2,1H3,(H,15,18)(H,16,17). The lowest BCUT2D eigenvalue weighted by Gasteiger charge is -2.13. The second kappa shape index (κ2) is 5.48. The van der Waals surface area contributed by atoms with Crippen LogP contribution in [0.1, 0.15) is 30.3 Å². The van der Waals surface area contributed by atoms with Gasteiger partial charge in [0.15, 0.2) is 0 Å². The Balaban J connectivity index is 1.89. The topological polar surface area (TPSA) is 71.1 Å². The molecule has 1 atom stereocenters. The number of nitrogens with zero attached hydrogens (tertiary/aromatic N) is 1. The fourth-order valence-electron chi connectivity index (χ4n) is 1.40. The van der Waals surface area contributed by atoms with Gasteiger partial charge < -0.3 is 10.6 Å². The summed E-state index contributed by atoms with van der Waals surface area (Å²) in [7, 11) is 0. The van der Waals surface area contributed by atoms with E-state index in [0.717, 1.165) is 17.3 Å². The highest BCUT2D eigenvalue weighted by atomic mass is 79.9. The van der Waals surface area contributed by atoms with Crippen molar-refractivity contribution < 1.29 is 9.59 Å². The summed E-state index contributed by atoms with van der Waals surface area (Å²) in [6, 6.07) is 3.08. The molecule has 1 unspecified atom stereocenters. The second-order valence-corrected chi connectivity index (χ2v) is 5.26. The van der Waals surface area contributed by atoms with Crippen molar-refractivity contribution in [2.24, 2.45) is 0 Å². The number of carbonyl (C=O) groups excluding carboxylic acids is 2. The first-order chi connectivity index (χ1) is 8.56. The highest BCUT2D eigenvalue weighted by Crippen LogP contribution is 2.18. The molecule has 0 aliphatic heterocycles. The van der Waals surface area contributed by atoms with Gasteiger partial charge in [-0.25, -0.2) is 4.98 Å². The summed E-state index contributed by atoms with van der Waals surface area (Å²) in [5.41, 5.74) is 0.296. The Bertz CT molecular complexity index is 457. The van der Waals surface area contributed by atoms with Crippen LogP contribution in [0.3, 0.4) is 0 Å². The van der Waals surface area contributed by atoms with Gasteiger partial charge in [-0.15, -0.1) is 0 Å². The van der Waals surface area contributed by atoms with Crippen molar-refractivity contribution in [3.8, 4) is 0 Å². The van der Waals surface area contributed by atoms with E-state index in [1.165, 1.54) is 0 Å². The van der Waals surface area contributed by atoms with E-state index >= 15 is 0 Å². The van der Waals surface area contributed by atoms with Gasteiger partial charge >= 0.3 is 0 Å². The monoisotopic (exact) mass is 311 g/mol. The van der Waals surface area contributed by atoms with Crippen LogP contribution in [0.5, 0.6) is 0 Å². The van der Waals surface area contributed by atoms with Crippen LogP contribution >= 0.6 is 15.9 Å². The molecule has 2 rings (SSSR count). The summed E-state index contributed by atoms with van der Waals surface area (Å²) in [5.74, 6) is -0.496. The molecule has 6 heteroatoms. The number of aromatic nitrogens is 1. The van der Waals surface area contributed by atoms with Crippen molar-refractivity contribution in [1.82, 2.24) is 15.6 Å². The van der Waals surface area contributed by atoms with Crippen LogP contribution in [0.4, 0.5) is 0 Å². The van der Waals surface area contributed by atoms with Crippen molar-refractivity contribution >= 4 is 27.7 Å². The molecule has 2 N–H and O–H groups in total. The van der Waals surface area contributed by atoms with E-state index in [2.05, 4.69) is 31.5 Å². The van der Waals surface area contributed by atoms with Crippen LogP contribution < -0.4 is 10.6 Å². The van der Waals surface area contributed by atoms with Gasteiger partial charge in [-0.2, -0.15) is 0 Å². The van der Waals surface area contributed by atoms with Crippen LogP contribution in [0.25, 0.3) is 0 Å². The Hall–Kier alpha value is -1.43. The average molecular weight is 312 g/mol. The summed E-state index contributed by atoms with van der Waals surface area (Å²) >= 11 is 3.24. The van der Waals surface area contributed by atoms with Crippen molar-refractivity contribution in [3.05, 3.63) is 28.5 Å². The molecule has 1 aliphatic rings. The zero-order chi connectivity index (χ0) is 13.1. The molecule has 5 nitrogen and oxygen atoms in total. The zero-order valence-corrected chi connectivity index (χ0v) is 11.5. The summed E-state index contributed by atoms with van der Waals surface area (Å²) in [6.45, 7) is 1.66. The average Bonchev–Trinajstić information content (AvgIpc) is 3.13. The Morgan fingerprint density at radius 1 is 1.44 bits per heavy atom. The van der Waals surface area contributed by atoms with E-state index in [4.69, 9.17) is 0 Å². The van der Waals surface area contributed by atoms with Gasteiger partial charge in [0.2, 0.25) is 5.91 Å². The lowest BCUT2D eigenvalue weighted by Crippen LogP contribution is -2.45. The molecule has 96 valence electrons. The van der Waals surface area contributed by atoms with Gasteiger partial charge in [-0.1, -0.05) is 0 Å². The van der Waals surface area contributed by atoms with Crippen molar-refractivity contribution in [2.75, 3.05) is 0 Å². The maximum atomic E-state index is 11.8. The fraction of sp³-hybridized carbons (Fsp3) is 0.417. The minimum Gasteiger partial charge on any atom is -0.352 e. The Morgan fingerprint density at radius 3 is 2.72 bits per heavy atom. The number of amides is 2. The van der Waals surface area contributed by atoms with Gasteiger partial charge in [-0.05, 0) is 47.8 Å². The van der Waals surface area contributed by atoms with Gasteiger partial charge in [0.05, 0.1) is 0 Å². The van der Waals surface area contributed by atoms with Crippen molar-refractivity contribution in [3.63, 3.8) is 0 Å². The Morgan fingerprint density at radius 2 is 2.17 bits per heavy atom. The third-order valence-corrected chi connectivity index (χ3v) is 3.09. The predicted molar refractivity (Wildman–Crippen MR) is 70.0 cm³/mol. The number of halogens is 1. The first kappa shape index (κ1) is 13.0. The quantitative estimate of drug-likeness (QED) is 0.879. The van der Waals surface area contributed by atoms with Crippen molar-refractivity contribution in [2.45, 2.75) is 31.8 Å². The minimum absolute atomic E-state index is 0.150. The molecule has 2 amide bonds. The fourth-order valence-corrected chi connectivity index (χ4v) is 1.63. The lowest BCUT2D eigenvalue weighted by molar-refractivity contribution is -0.122. The van der Waals surface area contributed by atoms with E-state index in [-0.39, 0.29) is 11.8 Å². The molecule has 0 bridgehead atoms. The summed E-state index contributed by atoms with van der Waals surface area (Å²) in [6.07, 6.45) is 3.60. The SMILES string of the molecule is CC(NC(=O)c1ccc(Br)cn1)C(=O)NC1CC1. The molecule has 1 saturated carbocycles. The van der Waals surface area contributed by atoms with Crippen LogP contribution in [0, 0.1) is 0 Å². The predicted octanol–water partition coefficient (Wildman–Crippen LogP) is 1.24. The molecular formula is C12H14BrN3O2. The molecule has 0 spiro atoms. The van der Waals surface area contributed by atoms with Gasteiger partial charge in [0.1, 0.15) is 11.7 Å². The number of hydrogen-bond donors (Lipinski definition) is 2. The highest BCUT2D eigenvalue weighted by molar-refractivity contribution is 9.10. The van der Waals surface area contributed by atoms with Gasteiger partial charge in [0, 0.05) is 16.7 Å².